The van der Waals surface area contributed by atoms with Gasteiger partial charge in [-0.25, -0.2) is 0 Å². The van der Waals surface area contributed by atoms with Crippen LogP contribution in [0.25, 0.3) is 0 Å². The SMILES string of the molecule is CC(=O)CCCCCNCCCN.[Cl-]. The molecule has 0 aromatic heterocycles. The quantitative estimate of drug-likeness (QED) is 0.447. The Hall–Kier alpha value is -0.120. The molecule has 0 radical (unpaired) electrons. The van der Waals surface area contributed by atoms with E-state index in [-0.39, 0.29) is 12.4 Å². The molecule has 0 aliphatic rings. The molecule has 0 unspecified atom stereocenters. The van der Waals surface area contributed by atoms with Gasteiger partial charge in [0.15, 0.2) is 0 Å². The number of halogens is 1. The first-order chi connectivity index (χ1) is 6.27. The first-order valence-corrected chi connectivity index (χ1v) is 5.17. The summed E-state index contributed by atoms with van der Waals surface area (Å²) in [6.07, 6.45) is 5.14. The van der Waals surface area contributed by atoms with Crippen molar-refractivity contribution in [2.24, 2.45) is 5.73 Å². The molecule has 0 saturated heterocycles. The van der Waals surface area contributed by atoms with E-state index in [0.29, 0.717) is 5.78 Å². The van der Waals surface area contributed by atoms with Gasteiger partial charge in [0.25, 0.3) is 0 Å². The fourth-order valence-corrected chi connectivity index (χ4v) is 1.15. The number of rotatable bonds is 9. The highest BCUT2D eigenvalue weighted by atomic mass is 35.5. The van der Waals surface area contributed by atoms with Crippen molar-refractivity contribution in [3.63, 3.8) is 0 Å². The minimum Gasteiger partial charge on any atom is -1.00 e. The highest BCUT2D eigenvalue weighted by Crippen LogP contribution is 1.98. The zero-order chi connectivity index (χ0) is 9.94. The molecule has 0 bridgehead atoms. The van der Waals surface area contributed by atoms with Crippen molar-refractivity contribution >= 4 is 5.78 Å². The number of carbonyl (C=O) groups excluding carboxylic acids is 1. The molecule has 0 saturated carbocycles. The number of hydrogen-bond donors (Lipinski definition) is 2. The number of unbranched alkanes of at least 4 members (excludes halogenated alkanes) is 2. The van der Waals surface area contributed by atoms with Gasteiger partial charge in [0, 0.05) is 6.42 Å². The lowest BCUT2D eigenvalue weighted by Crippen LogP contribution is -3.00. The Balaban J connectivity index is 0. The van der Waals surface area contributed by atoms with Gasteiger partial charge in [-0.3, -0.25) is 0 Å². The standard InChI is InChI=1S/C10H22N2O.ClH/c1-10(13)6-3-2-4-8-12-9-5-7-11;/h12H,2-9,11H2,1H3;1H/p-1. The van der Waals surface area contributed by atoms with Gasteiger partial charge < -0.3 is 28.3 Å². The largest absolute Gasteiger partial charge is 1.00 e. The monoisotopic (exact) mass is 221 g/mol. The summed E-state index contributed by atoms with van der Waals surface area (Å²) in [6, 6.07) is 0. The molecule has 0 amide bonds. The minimum atomic E-state index is 0. The molecule has 0 aromatic rings. The third kappa shape index (κ3) is 14.4. The van der Waals surface area contributed by atoms with Gasteiger partial charge in [-0.1, -0.05) is 6.42 Å². The van der Waals surface area contributed by atoms with Crippen LogP contribution in [-0.2, 0) is 4.79 Å². The molecule has 0 rings (SSSR count). The third-order valence-corrected chi connectivity index (χ3v) is 1.94. The summed E-state index contributed by atoms with van der Waals surface area (Å²) in [7, 11) is 0. The van der Waals surface area contributed by atoms with Crippen molar-refractivity contribution in [1.82, 2.24) is 5.32 Å². The van der Waals surface area contributed by atoms with E-state index < -0.39 is 0 Å². The maximum absolute atomic E-state index is 10.6. The van der Waals surface area contributed by atoms with E-state index in [9.17, 15) is 4.79 Å². The van der Waals surface area contributed by atoms with Gasteiger partial charge in [0.05, 0.1) is 0 Å². The van der Waals surface area contributed by atoms with Crippen molar-refractivity contribution in [1.29, 1.82) is 0 Å². The van der Waals surface area contributed by atoms with Crippen molar-refractivity contribution in [3.8, 4) is 0 Å². The maximum Gasteiger partial charge on any atom is 0.129 e. The zero-order valence-electron chi connectivity index (χ0n) is 9.02. The molecular weight excluding hydrogens is 200 g/mol. The Labute approximate surface area is 93.2 Å². The van der Waals surface area contributed by atoms with E-state index in [1.807, 2.05) is 0 Å². The zero-order valence-corrected chi connectivity index (χ0v) is 9.78. The van der Waals surface area contributed by atoms with Crippen LogP contribution in [0.4, 0.5) is 0 Å². The van der Waals surface area contributed by atoms with Gasteiger partial charge in [-0.05, 0) is 45.8 Å². The van der Waals surface area contributed by atoms with Gasteiger partial charge in [-0.15, -0.1) is 0 Å². The van der Waals surface area contributed by atoms with Crippen LogP contribution in [0, 0.1) is 0 Å². The Kier molecular flexibility index (Phi) is 15.0. The second kappa shape index (κ2) is 12.9. The van der Waals surface area contributed by atoms with Crippen molar-refractivity contribution in [3.05, 3.63) is 0 Å². The van der Waals surface area contributed by atoms with Gasteiger partial charge in [-0.2, -0.15) is 0 Å². The van der Waals surface area contributed by atoms with Crippen LogP contribution < -0.4 is 23.5 Å². The van der Waals surface area contributed by atoms with E-state index in [2.05, 4.69) is 5.32 Å². The Bertz CT molecular complexity index is 131. The lowest BCUT2D eigenvalue weighted by Gasteiger charge is -2.02. The molecule has 0 aliphatic carbocycles. The molecule has 0 fully saturated rings. The lowest BCUT2D eigenvalue weighted by atomic mass is 10.1. The second-order valence-electron chi connectivity index (χ2n) is 3.40. The fourth-order valence-electron chi connectivity index (χ4n) is 1.15. The summed E-state index contributed by atoms with van der Waals surface area (Å²) in [6.45, 7) is 4.48. The average molecular weight is 222 g/mol. The molecule has 3 nitrogen and oxygen atoms in total. The molecule has 3 N–H and O–H groups in total. The predicted octanol–water partition coefficient (Wildman–Crippen LogP) is -1.92. The van der Waals surface area contributed by atoms with E-state index in [1.54, 1.807) is 6.92 Å². The summed E-state index contributed by atoms with van der Waals surface area (Å²) in [5.41, 5.74) is 5.35. The van der Waals surface area contributed by atoms with Gasteiger partial charge in [0.1, 0.15) is 5.78 Å². The number of carbonyl (C=O) groups is 1. The molecule has 0 aromatic carbocycles. The average Bonchev–Trinajstić information content (AvgIpc) is 2.09. The first kappa shape index (κ1) is 16.3. The van der Waals surface area contributed by atoms with E-state index in [0.717, 1.165) is 51.7 Å². The number of Topliss-reactive ketones (excluding diaryl/α,β-unsaturated/α-hetero) is 1. The number of ketones is 1. The second-order valence-corrected chi connectivity index (χ2v) is 3.40. The maximum atomic E-state index is 10.6. The molecule has 14 heavy (non-hydrogen) atoms. The Morgan fingerprint density at radius 3 is 2.36 bits per heavy atom. The fraction of sp³-hybridized carbons (Fsp3) is 0.900. The third-order valence-electron chi connectivity index (χ3n) is 1.94. The normalized spacial score (nSPS) is 9.57. The first-order valence-electron chi connectivity index (χ1n) is 5.17. The van der Waals surface area contributed by atoms with Crippen LogP contribution in [0.15, 0.2) is 0 Å². The van der Waals surface area contributed by atoms with Crippen LogP contribution in [-0.4, -0.2) is 25.4 Å². The molecule has 0 spiro atoms. The van der Waals surface area contributed by atoms with Crippen LogP contribution in [0.3, 0.4) is 0 Å². The summed E-state index contributed by atoms with van der Waals surface area (Å²) in [4.78, 5) is 10.6. The van der Waals surface area contributed by atoms with Gasteiger partial charge in [0.2, 0.25) is 0 Å². The number of nitrogens with one attached hydrogen (secondary N) is 1. The number of nitrogens with two attached hydrogens (primary N) is 1. The van der Waals surface area contributed by atoms with Crippen molar-refractivity contribution in [2.75, 3.05) is 19.6 Å². The van der Waals surface area contributed by atoms with Crippen LogP contribution in [0.1, 0.15) is 39.0 Å². The van der Waals surface area contributed by atoms with Crippen molar-refractivity contribution < 1.29 is 17.2 Å². The van der Waals surface area contributed by atoms with E-state index in [4.69, 9.17) is 5.73 Å². The van der Waals surface area contributed by atoms with E-state index >= 15 is 0 Å². The lowest BCUT2D eigenvalue weighted by molar-refractivity contribution is -0.117. The van der Waals surface area contributed by atoms with Crippen LogP contribution in [0.2, 0.25) is 0 Å². The highest BCUT2D eigenvalue weighted by Gasteiger charge is 1.93. The molecule has 86 valence electrons. The summed E-state index contributed by atoms with van der Waals surface area (Å²) >= 11 is 0. The highest BCUT2D eigenvalue weighted by molar-refractivity contribution is 5.75. The van der Waals surface area contributed by atoms with Crippen molar-refractivity contribution in [2.45, 2.75) is 39.0 Å². The Morgan fingerprint density at radius 1 is 1.14 bits per heavy atom. The summed E-state index contributed by atoms with van der Waals surface area (Å²) in [5, 5.41) is 3.31. The topological polar surface area (TPSA) is 55.1 Å². The summed E-state index contributed by atoms with van der Waals surface area (Å²) in [5.74, 6) is 0.302. The molecule has 0 atom stereocenters. The number of hydrogen-bond acceptors (Lipinski definition) is 3. The van der Waals surface area contributed by atoms with E-state index in [1.165, 1.54) is 0 Å². The van der Waals surface area contributed by atoms with Crippen LogP contribution >= 0.6 is 0 Å². The molecule has 4 heteroatoms. The molecule has 0 heterocycles. The molecular formula is C10H22ClN2O-. The smallest absolute Gasteiger partial charge is 0.129 e. The van der Waals surface area contributed by atoms with Crippen LogP contribution in [0.5, 0.6) is 0 Å². The summed E-state index contributed by atoms with van der Waals surface area (Å²) < 4.78 is 0. The van der Waals surface area contributed by atoms with Gasteiger partial charge >= 0.3 is 0 Å². The Morgan fingerprint density at radius 2 is 1.79 bits per heavy atom. The minimum absolute atomic E-state index is 0. The molecule has 0 aliphatic heterocycles. The predicted molar refractivity (Wildman–Crippen MR) is 55.7 cm³/mol.